The molecule has 1 saturated heterocycles. The molecule has 3 nitrogen and oxygen atoms in total. The van der Waals surface area contributed by atoms with E-state index in [1.54, 1.807) is 11.3 Å². The normalized spacial score (nSPS) is 17.4. The van der Waals surface area contributed by atoms with Crippen LogP contribution in [0.5, 0.6) is 0 Å². The Morgan fingerprint density at radius 1 is 1.33 bits per heavy atom. The molecule has 2 heterocycles. The third-order valence-corrected chi connectivity index (χ3v) is 5.08. The van der Waals surface area contributed by atoms with Gasteiger partial charge in [0.05, 0.1) is 5.69 Å². The fourth-order valence-corrected chi connectivity index (χ4v) is 3.67. The van der Waals surface area contributed by atoms with Crippen molar-refractivity contribution >= 4 is 16.5 Å². The summed E-state index contributed by atoms with van der Waals surface area (Å²) in [5.41, 5.74) is 7.05. The van der Waals surface area contributed by atoms with Crippen molar-refractivity contribution in [1.82, 2.24) is 4.98 Å². The predicted molar refractivity (Wildman–Crippen MR) is 79.2 cm³/mol. The molecule has 0 bridgehead atoms. The molecule has 0 atom stereocenters. The summed E-state index contributed by atoms with van der Waals surface area (Å²) >= 11 is 1.80. The molecule has 0 saturated carbocycles. The zero-order valence-corrected chi connectivity index (χ0v) is 12.4. The summed E-state index contributed by atoms with van der Waals surface area (Å²) in [6.45, 7) is 7.48. The van der Waals surface area contributed by atoms with Crippen molar-refractivity contribution in [3.05, 3.63) is 10.6 Å². The third-order valence-electron chi connectivity index (χ3n) is 3.90. The Morgan fingerprint density at radius 2 is 2.06 bits per heavy atom. The van der Waals surface area contributed by atoms with Crippen molar-refractivity contribution in [1.29, 1.82) is 0 Å². The number of hydrogen-bond donors (Lipinski definition) is 1. The van der Waals surface area contributed by atoms with E-state index < -0.39 is 0 Å². The molecule has 1 aromatic rings. The van der Waals surface area contributed by atoms with Crippen LogP contribution in [-0.2, 0) is 13.0 Å². The van der Waals surface area contributed by atoms with Crippen molar-refractivity contribution in [2.24, 2.45) is 11.7 Å². The Hall–Kier alpha value is -0.610. The highest BCUT2D eigenvalue weighted by atomic mass is 32.1. The lowest BCUT2D eigenvalue weighted by molar-refractivity contribution is 0.395. The number of anilines is 1. The SMILES string of the molecule is CCCc1nc(N2CCC(CC)CC2)sc1CN. The van der Waals surface area contributed by atoms with Crippen LogP contribution < -0.4 is 10.6 Å². The highest BCUT2D eigenvalue weighted by Gasteiger charge is 2.21. The Bertz CT molecular complexity index is 367. The Kier molecular flexibility index (Phi) is 5.01. The molecule has 2 N–H and O–H groups in total. The minimum atomic E-state index is 0.637. The molecule has 1 aromatic heterocycles. The van der Waals surface area contributed by atoms with E-state index >= 15 is 0 Å². The van der Waals surface area contributed by atoms with Gasteiger partial charge in [-0.25, -0.2) is 4.98 Å². The van der Waals surface area contributed by atoms with Crippen molar-refractivity contribution < 1.29 is 0 Å². The van der Waals surface area contributed by atoms with E-state index in [0.29, 0.717) is 6.54 Å². The first-order valence-corrected chi connectivity index (χ1v) is 8.03. The predicted octanol–water partition coefficient (Wildman–Crippen LogP) is 3.18. The quantitative estimate of drug-likeness (QED) is 0.891. The van der Waals surface area contributed by atoms with Crippen LogP contribution in [0.25, 0.3) is 0 Å². The second kappa shape index (κ2) is 6.53. The van der Waals surface area contributed by atoms with Crippen molar-refractivity contribution in [3.63, 3.8) is 0 Å². The van der Waals surface area contributed by atoms with Gasteiger partial charge < -0.3 is 10.6 Å². The largest absolute Gasteiger partial charge is 0.348 e. The van der Waals surface area contributed by atoms with Gasteiger partial charge in [-0.2, -0.15) is 0 Å². The topological polar surface area (TPSA) is 42.2 Å². The first kappa shape index (κ1) is 13.8. The average Bonchev–Trinajstić information content (AvgIpc) is 2.82. The lowest BCUT2D eigenvalue weighted by atomic mass is 9.95. The lowest BCUT2D eigenvalue weighted by Gasteiger charge is -2.31. The minimum Gasteiger partial charge on any atom is -0.348 e. The molecule has 18 heavy (non-hydrogen) atoms. The molecule has 0 aliphatic carbocycles. The highest BCUT2D eigenvalue weighted by molar-refractivity contribution is 7.15. The summed E-state index contributed by atoms with van der Waals surface area (Å²) in [5.74, 6) is 0.922. The minimum absolute atomic E-state index is 0.637. The molecule has 0 radical (unpaired) electrons. The van der Waals surface area contributed by atoms with Crippen molar-refractivity contribution in [2.75, 3.05) is 18.0 Å². The van der Waals surface area contributed by atoms with E-state index in [1.807, 2.05) is 0 Å². The number of hydrogen-bond acceptors (Lipinski definition) is 4. The van der Waals surface area contributed by atoms with E-state index in [0.717, 1.165) is 18.8 Å². The zero-order valence-electron chi connectivity index (χ0n) is 11.6. The monoisotopic (exact) mass is 267 g/mol. The van der Waals surface area contributed by atoms with E-state index in [1.165, 1.54) is 48.1 Å². The highest BCUT2D eigenvalue weighted by Crippen LogP contribution is 2.30. The average molecular weight is 267 g/mol. The van der Waals surface area contributed by atoms with Gasteiger partial charge in [-0.05, 0) is 25.2 Å². The van der Waals surface area contributed by atoms with Gasteiger partial charge in [0.1, 0.15) is 0 Å². The first-order valence-electron chi connectivity index (χ1n) is 7.22. The number of nitrogens with two attached hydrogens (primary N) is 1. The van der Waals surface area contributed by atoms with Crippen molar-refractivity contribution in [3.8, 4) is 0 Å². The van der Waals surface area contributed by atoms with E-state index in [-0.39, 0.29) is 0 Å². The molecule has 2 rings (SSSR count). The molecular formula is C14H25N3S. The van der Waals surface area contributed by atoms with E-state index in [9.17, 15) is 0 Å². The van der Waals surface area contributed by atoms with Gasteiger partial charge in [0.25, 0.3) is 0 Å². The molecule has 0 aromatic carbocycles. The summed E-state index contributed by atoms with van der Waals surface area (Å²) in [4.78, 5) is 8.55. The van der Waals surface area contributed by atoms with Gasteiger partial charge in [-0.3, -0.25) is 0 Å². The fourth-order valence-electron chi connectivity index (χ4n) is 2.63. The number of rotatable bonds is 5. The van der Waals surface area contributed by atoms with Crippen LogP contribution in [0.1, 0.15) is 50.1 Å². The van der Waals surface area contributed by atoms with Crippen LogP contribution in [0.4, 0.5) is 5.13 Å². The van der Waals surface area contributed by atoms with Gasteiger partial charge in [0, 0.05) is 24.5 Å². The van der Waals surface area contributed by atoms with Gasteiger partial charge in [0.2, 0.25) is 0 Å². The standard InChI is InChI=1S/C14H25N3S/c1-3-5-12-13(10-15)18-14(16-12)17-8-6-11(4-2)7-9-17/h11H,3-10,15H2,1-2H3. The van der Waals surface area contributed by atoms with E-state index in [4.69, 9.17) is 10.7 Å². The maximum atomic E-state index is 5.82. The van der Waals surface area contributed by atoms with Gasteiger partial charge >= 0.3 is 0 Å². The Morgan fingerprint density at radius 3 is 2.61 bits per heavy atom. The maximum Gasteiger partial charge on any atom is 0.185 e. The molecule has 1 fully saturated rings. The number of aromatic nitrogens is 1. The molecule has 1 aliphatic heterocycles. The second-order valence-corrected chi connectivity index (χ2v) is 6.22. The first-order chi connectivity index (χ1) is 8.78. The molecular weight excluding hydrogens is 242 g/mol. The fraction of sp³-hybridized carbons (Fsp3) is 0.786. The lowest BCUT2D eigenvalue weighted by Crippen LogP contribution is -2.33. The number of aryl methyl sites for hydroxylation is 1. The Labute approximate surface area is 114 Å². The van der Waals surface area contributed by atoms with Gasteiger partial charge in [0.15, 0.2) is 5.13 Å². The van der Waals surface area contributed by atoms with Crippen LogP contribution >= 0.6 is 11.3 Å². The van der Waals surface area contributed by atoms with Crippen molar-refractivity contribution in [2.45, 2.75) is 52.5 Å². The van der Waals surface area contributed by atoms with Crippen LogP contribution in [-0.4, -0.2) is 18.1 Å². The number of thiazole rings is 1. The summed E-state index contributed by atoms with van der Waals surface area (Å²) in [6, 6.07) is 0. The Balaban J connectivity index is 2.05. The molecule has 0 unspecified atom stereocenters. The number of piperidine rings is 1. The summed E-state index contributed by atoms with van der Waals surface area (Å²) < 4.78 is 0. The molecule has 0 spiro atoms. The van der Waals surface area contributed by atoms with Crippen LogP contribution in [0, 0.1) is 5.92 Å². The summed E-state index contributed by atoms with van der Waals surface area (Å²) in [7, 11) is 0. The summed E-state index contributed by atoms with van der Waals surface area (Å²) in [6.07, 6.45) is 6.16. The molecule has 102 valence electrons. The third kappa shape index (κ3) is 3.04. The van der Waals surface area contributed by atoms with Crippen LogP contribution in [0.2, 0.25) is 0 Å². The smallest absolute Gasteiger partial charge is 0.185 e. The molecule has 4 heteroatoms. The van der Waals surface area contributed by atoms with Crippen LogP contribution in [0.3, 0.4) is 0 Å². The van der Waals surface area contributed by atoms with Gasteiger partial charge in [-0.15, -0.1) is 11.3 Å². The summed E-state index contributed by atoms with van der Waals surface area (Å²) in [5, 5.41) is 1.20. The molecule has 1 aliphatic rings. The number of nitrogens with zero attached hydrogens (tertiary/aromatic N) is 2. The maximum absolute atomic E-state index is 5.82. The van der Waals surface area contributed by atoms with Crippen LogP contribution in [0.15, 0.2) is 0 Å². The van der Waals surface area contributed by atoms with E-state index in [2.05, 4.69) is 18.7 Å². The van der Waals surface area contributed by atoms with Gasteiger partial charge in [-0.1, -0.05) is 26.7 Å². The molecule has 0 amide bonds. The zero-order chi connectivity index (χ0) is 13.0. The second-order valence-electron chi connectivity index (χ2n) is 5.16.